The first kappa shape index (κ1) is 12.9. The average molecular weight is 239 g/mol. The highest BCUT2D eigenvalue weighted by Crippen LogP contribution is 2.07. The van der Waals surface area contributed by atoms with Gasteiger partial charge in [0, 0.05) is 5.69 Å². The molecule has 0 fully saturated rings. The number of nitrogen functional groups attached to an aromatic ring is 1. The number of rotatable bonds is 6. The van der Waals surface area contributed by atoms with E-state index in [1.165, 1.54) is 0 Å². The topological polar surface area (TPSA) is 52.3 Å². The van der Waals surface area contributed by atoms with Crippen molar-refractivity contribution in [1.82, 2.24) is 0 Å². The third kappa shape index (κ3) is 5.07. The summed E-state index contributed by atoms with van der Waals surface area (Å²) in [5.74, 6) is 0.848. The third-order valence-electron chi connectivity index (χ3n) is 2.08. The van der Waals surface area contributed by atoms with Gasteiger partial charge in [-0.15, -0.1) is 0 Å². The highest BCUT2D eigenvalue weighted by atomic mass is 32.2. The third-order valence-corrected chi connectivity index (χ3v) is 2.78. The first-order valence-corrected chi connectivity index (χ1v) is 6.60. The van der Waals surface area contributed by atoms with Crippen molar-refractivity contribution in [2.75, 3.05) is 24.3 Å². The van der Waals surface area contributed by atoms with E-state index in [0.29, 0.717) is 18.7 Å². The Bertz CT molecular complexity index is 324. The molecule has 0 radical (unpaired) electrons. The minimum Gasteiger partial charge on any atom is -0.465 e. The van der Waals surface area contributed by atoms with Crippen molar-refractivity contribution >= 4 is 23.4 Å². The van der Waals surface area contributed by atoms with Gasteiger partial charge in [0.15, 0.2) is 0 Å². The monoisotopic (exact) mass is 239 g/mol. The summed E-state index contributed by atoms with van der Waals surface area (Å²) in [5, 5.41) is 0. The van der Waals surface area contributed by atoms with Gasteiger partial charge >= 0.3 is 5.97 Å². The Balaban J connectivity index is 2.26. The largest absolute Gasteiger partial charge is 0.465 e. The second-order valence-corrected chi connectivity index (χ2v) is 4.47. The van der Waals surface area contributed by atoms with Crippen LogP contribution in [0.25, 0.3) is 0 Å². The number of thioether (sulfide) groups is 1. The summed E-state index contributed by atoms with van der Waals surface area (Å²) in [6.07, 6.45) is 3.27. The van der Waals surface area contributed by atoms with E-state index >= 15 is 0 Å². The van der Waals surface area contributed by atoms with Gasteiger partial charge in [0.25, 0.3) is 0 Å². The van der Waals surface area contributed by atoms with Crippen LogP contribution in [-0.2, 0) is 16.0 Å². The van der Waals surface area contributed by atoms with Crippen LogP contribution in [0.4, 0.5) is 5.69 Å². The number of esters is 1. The van der Waals surface area contributed by atoms with E-state index in [1.807, 2.05) is 18.4 Å². The Morgan fingerprint density at radius 3 is 2.69 bits per heavy atom. The summed E-state index contributed by atoms with van der Waals surface area (Å²) in [5.41, 5.74) is 7.19. The molecule has 0 saturated heterocycles. The lowest BCUT2D eigenvalue weighted by molar-refractivity contribution is -0.142. The quantitative estimate of drug-likeness (QED) is 0.469. The first-order chi connectivity index (χ1) is 7.72. The molecule has 3 nitrogen and oxygen atoms in total. The Morgan fingerprint density at radius 2 is 2.06 bits per heavy atom. The first-order valence-electron chi connectivity index (χ1n) is 5.21. The maximum absolute atomic E-state index is 11.4. The summed E-state index contributed by atoms with van der Waals surface area (Å²) >= 11 is 1.75. The van der Waals surface area contributed by atoms with Crippen LogP contribution in [0.15, 0.2) is 24.3 Å². The number of carbonyl (C=O) groups excluding carboxylic acids is 1. The van der Waals surface area contributed by atoms with Crippen LogP contribution in [0.3, 0.4) is 0 Å². The molecular formula is C12H17NO2S. The van der Waals surface area contributed by atoms with Crippen LogP contribution < -0.4 is 5.73 Å². The van der Waals surface area contributed by atoms with E-state index in [1.54, 1.807) is 23.9 Å². The molecule has 2 N–H and O–H groups in total. The van der Waals surface area contributed by atoms with E-state index in [4.69, 9.17) is 10.5 Å². The molecule has 0 spiro atoms. The van der Waals surface area contributed by atoms with Gasteiger partial charge in [0.2, 0.25) is 0 Å². The molecule has 0 heterocycles. The van der Waals surface area contributed by atoms with Gasteiger partial charge in [-0.25, -0.2) is 0 Å². The Hall–Kier alpha value is -1.16. The van der Waals surface area contributed by atoms with Crippen molar-refractivity contribution in [3.05, 3.63) is 29.8 Å². The molecular weight excluding hydrogens is 222 g/mol. The van der Waals surface area contributed by atoms with Crippen molar-refractivity contribution in [3.8, 4) is 0 Å². The molecule has 4 heteroatoms. The number of anilines is 1. The number of hydrogen-bond donors (Lipinski definition) is 1. The van der Waals surface area contributed by atoms with Gasteiger partial charge in [-0.2, -0.15) is 11.8 Å². The lowest BCUT2D eigenvalue weighted by Crippen LogP contribution is -2.09. The molecule has 1 rings (SSSR count). The van der Waals surface area contributed by atoms with E-state index in [2.05, 4.69) is 0 Å². The number of carbonyl (C=O) groups is 1. The zero-order valence-electron chi connectivity index (χ0n) is 9.44. The fraction of sp³-hybridized carbons (Fsp3) is 0.417. The van der Waals surface area contributed by atoms with Crippen LogP contribution in [0.5, 0.6) is 0 Å². The molecule has 0 aliphatic rings. The molecule has 1 aromatic rings. The lowest BCUT2D eigenvalue weighted by atomic mass is 10.1. The number of hydrogen-bond acceptors (Lipinski definition) is 4. The molecule has 0 atom stereocenters. The highest BCUT2D eigenvalue weighted by Gasteiger charge is 2.04. The van der Waals surface area contributed by atoms with Crippen molar-refractivity contribution in [3.63, 3.8) is 0 Å². The Kier molecular flexibility index (Phi) is 5.78. The standard InChI is InChI=1S/C12H17NO2S/c1-16-8-2-7-15-12(14)9-10-3-5-11(13)6-4-10/h3-6H,2,7-9,13H2,1H3. The van der Waals surface area contributed by atoms with Crippen LogP contribution in [0.1, 0.15) is 12.0 Å². The predicted molar refractivity (Wildman–Crippen MR) is 68.5 cm³/mol. The average Bonchev–Trinajstić information content (AvgIpc) is 2.28. The molecule has 0 aromatic heterocycles. The predicted octanol–water partition coefficient (Wildman–Crippen LogP) is 2.11. The molecule has 0 unspecified atom stereocenters. The highest BCUT2D eigenvalue weighted by molar-refractivity contribution is 7.98. The lowest BCUT2D eigenvalue weighted by Gasteiger charge is -2.04. The van der Waals surface area contributed by atoms with Crippen molar-refractivity contribution in [2.45, 2.75) is 12.8 Å². The summed E-state index contributed by atoms with van der Waals surface area (Å²) in [6, 6.07) is 7.27. The summed E-state index contributed by atoms with van der Waals surface area (Å²) < 4.78 is 5.09. The second-order valence-electron chi connectivity index (χ2n) is 3.49. The zero-order chi connectivity index (χ0) is 11.8. The van der Waals surface area contributed by atoms with Gasteiger partial charge in [-0.3, -0.25) is 4.79 Å². The number of benzene rings is 1. The molecule has 88 valence electrons. The molecule has 0 amide bonds. The van der Waals surface area contributed by atoms with Gasteiger partial charge in [-0.1, -0.05) is 12.1 Å². The van der Waals surface area contributed by atoms with Crippen LogP contribution in [0, 0.1) is 0 Å². The van der Waals surface area contributed by atoms with Crippen molar-refractivity contribution in [1.29, 1.82) is 0 Å². The Labute approximate surface area is 100 Å². The fourth-order valence-electron chi connectivity index (χ4n) is 1.24. The minimum absolute atomic E-state index is 0.175. The summed E-state index contributed by atoms with van der Waals surface area (Å²) in [4.78, 5) is 11.4. The van der Waals surface area contributed by atoms with Gasteiger partial charge in [-0.05, 0) is 36.1 Å². The summed E-state index contributed by atoms with van der Waals surface area (Å²) in [7, 11) is 0. The molecule has 0 aliphatic heterocycles. The van der Waals surface area contributed by atoms with Gasteiger partial charge in [0.05, 0.1) is 13.0 Å². The Morgan fingerprint density at radius 1 is 1.38 bits per heavy atom. The number of nitrogens with two attached hydrogens (primary N) is 1. The summed E-state index contributed by atoms with van der Waals surface area (Å²) in [6.45, 7) is 0.509. The van der Waals surface area contributed by atoms with Gasteiger partial charge in [0.1, 0.15) is 0 Å². The maximum atomic E-state index is 11.4. The fourth-order valence-corrected chi connectivity index (χ4v) is 1.65. The van der Waals surface area contributed by atoms with Crippen molar-refractivity contribution in [2.24, 2.45) is 0 Å². The molecule has 0 aliphatic carbocycles. The van der Waals surface area contributed by atoms with E-state index in [-0.39, 0.29) is 5.97 Å². The van der Waals surface area contributed by atoms with Crippen LogP contribution >= 0.6 is 11.8 Å². The SMILES string of the molecule is CSCCCOC(=O)Cc1ccc(N)cc1. The van der Waals surface area contributed by atoms with Crippen LogP contribution in [0.2, 0.25) is 0 Å². The second kappa shape index (κ2) is 7.17. The normalized spacial score (nSPS) is 10.1. The smallest absolute Gasteiger partial charge is 0.310 e. The molecule has 16 heavy (non-hydrogen) atoms. The maximum Gasteiger partial charge on any atom is 0.310 e. The van der Waals surface area contributed by atoms with Crippen molar-refractivity contribution < 1.29 is 9.53 Å². The van der Waals surface area contributed by atoms with Gasteiger partial charge < -0.3 is 10.5 Å². The minimum atomic E-state index is -0.175. The number of ether oxygens (including phenoxy) is 1. The van der Waals surface area contributed by atoms with E-state index < -0.39 is 0 Å². The molecule has 0 saturated carbocycles. The van der Waals surface area contributed by atoms with E-state index in [0.717, 1.165) is 17.7 Å². The van der Waals surface area contributed by atoms with Crippen LogP contribution in [-0.4, -0.2) is 24.6 Å². The molecule has 0 bridgehead atoms. The zero-order valence-corrected chi connectivity index (χ0v) is 10.3. The molecule has 1 aromatic carbocycles. The van der Waals surface area contributed by atoms with E-state index in [9.17, 15) is 4.79 Å².